The van der Waals surface area contributed by atoms with Crippen LogP contribution in [-0.4, -0.2) is 46.8 Å². The zero-order valence-corrected chi connectivity index (χ0v) is 11.4. The van der Waals surface area contributed by atoms with Gasteiger partial charge in [-0.15, -0.1) is 0 Å². The van der Waals surface area contributed by atoms with Crippen molar-refractivity contribution in [2.24, 2.45) is 0 Å². The first-order valence-corrected chi connectivity index (χ1v) is 6.08. The van der Waals surface area contributed by atoms with Crippen LogP contribution in [0.25, 0.3) is 0 Å². The third-order valence-corrected chi connectivity index (χ3v) is 2.93. The number of carbonyl (C=O) groups is 1. The van der Waals surface area contributed by atoms with Gasteiger partial charge in [0.15, 0.2) is 6.29 Å². The van der Waals surface area contributed by atoms with E-state index in [-0.39, 0.29) is 0 Å². The van der Waals surface area contributed by atoms with E-state index in [9.17, 15) is 4.79 Å². The predicted octanol–water partition coefficient (Wildman–Crippen LogP) is 2.25. The molecule has 0 unspecified atom stereocenters. The maximum atomic E-state index is 10.7. The maximum Gasteiger partial charge on any atom is 0.151 e. The molecular formula is C13H18ClNO3. The molecule has 100 valence electrons. The van der Waals surface area contributed by atoms with Crippen molar-refractivity contribution in [3.63, 3.8) is 0 Å². The van der Waals surface area contributed by atoms with E-state index in [1.54, 1.807) is 26.4 Å². The highest BCUT2D eigenvalue weighted by molar-refractivity contribution is 6.33. The van der Waals surface area contributed by atoms with Crippen molar-refractivity contribution in [3.05, 3.63) is 28.8 Å². The summed E-state index contributed by atoms with van der Waals surface area (Å²) >= 11 is 6.02. The lowest BCUT2D eigenvalue weighted by atomic mass is 10.2. The first-order valence-electron chi connectivity index (χ1n) is 5.70. The topological polar surface area (TPSA) is 38.8 Å². The SMILES string of the molecule is COCCN(CCOC)c1ccc(C=O)c(Cl)c1. The van der Waals surface area contributed by atoms with Gasteiger partial charge in [-0.2, -0.15) is 0 Å². The molecule has 0 aromatic heterocycles. The van der Waals surface area contributed by atoms with Gasteiger partial charge in [-0.3, -0.25) is 4.79 Å². The maximum absolute atomic E-state index is 10.7. The Hall–Kier alpha value is -1.10. The minimum atomic E-state index is 0.460. The molecule has 18 heavy (non-hydrogen) atoms. The molecule has 4 nitrogen and oxygen atoms in total. The summed E-state index contributed by atoms with van der Waals surface area (Å²) in [5, 5.41) is 0.460. The van der Waals surface area contributed by atoms with Crippen LogP contribution in [0.1, 0.15) is 10.4 Å². The number of aldehydes is 1. The number of carbonyl (C=O) groups excluding carboxylic acids is 1. The van der Waals surface area contributed by atoms with E-state index in [0.29, 0.717) is 23.8 Å². The van der Waals surface area contributed by atoms with Gasteiger partial charge in [0.1, 0.15) is 0 Å². The first-order chi connectivity index (χ1) is 8.72. The molecule has 0 heterocycles. The van der Waals surface area contributed by atoms with E-state index < -0.39 is 0 Å². The van der Waals surface area contributed by atoms with E-state index in [2.05, 4.69) is 4.90 Å². The number of hydrogen-bond acceptors (Lipinski definition) is 4. The van der Waals surface area contributed by atoms with Crippen molar-refractivity contribution in [1.82, 2.24) is 0 Å². The van der Waals surface area contributed by atoms with Crippen molar-refractivity contribution >= 4 is 23.6 Å². The lowest BCUT2D eigenvalue weighted by molar-refractivity contribution is 0.112. The Morgan fingerprint density at radius 3 is 2.28 bits per heavy atom. The van der Waals surface area contributed by atoms with Crippen LogP contribution in [0, 0.1) is 0 Å². The van der Waals surface area contributed by atoms with E-state index in [1.807, 2.05) is 6.07 Å². The molecule has 1 aromatic rings. The summed E-state index contributed by atoms with van der Waals surface area (Å²) in [5.74, 6) is 0. The number of hydrogen-bond donors (Lipinski definition) is 0. The second-order valence-electron chi connectivity index (χ2n) is 3.80. The number of methoxy groups -OCH3 is 2. The van der Waals surface area contributed by atoms with Crippen molar-refractivity contribution in [2.45, 2.75) is 0 Å². The summed E-state index contributed by atoms with van der Waals surface area (Å²) in [6.45, 7) is 2.74. The minimum Gasteiger partial charge on any atom is -0.383 e. The fraction of sp³-hybridized carbons (Fsp3) is 0.462. The van der Waals surface area contributed by atoms with Gasteiger partial charge in [0, 0.05) is 38.6 Å². The fourth-order valence-corrected chi connectivity index (χ4v) is 1.80. The summed E-state index contributed by atoms with van der Waals surface area (Å²) in [4.78, 5) is 12.8. The van der Waals surface area contributed by atoms with Crippen molar-refractivity contribution in [2.75, 3.05) is 45.4 Å². The molecule has 1 rings (SSSR count). The van der Waals surface area contributed by atoms with Crippen LogP contribution in [0.3, 0.4) is 0 Å². The minimum absolute atomic E-state index is 0.460. The van der Waals surface area contributed by atoms with E-state index in [4.69, 9.17) is 21.1 Å². The zero-order chi connectivity index (χ0) is 13.4. The van der Waals surface area contributed by atoms with Gasteiger partial charge in [-0.05, 0) is 18.2 Å². The Morgan fingerprint density at radius 1 is 1.22 bits per heavy atom. The molecule has 0 bridgehead atoms. The van der Waals surface area contributed by atoms with Gasteiger partial charge >= 0.3 is 0 Å². The number of anilines is 1. The Kier molecular flexibility index (Phi) is 6.72. The molecule has 0 aliphatic rings. The molecule has 5 heteroatoms. The van der Waals surface area contributed by atoms with Gasteiger partial charge in [0.25, 0.3) is 0 Å². The molecule has 0 aliphatic heterocycles. The van der Waals surface area contributed by atoms with Crippen molar-refractivity contribution in [1.29, 1.82) is 0 Å². The summed E-state index contributed by atoms with van der Waals surface area (Å²) in [5.41, 5.74) is 1.46. The molecule has 0 radical (unpaired) electrons. The van der Waals surface area contributed by atoms with Crippen LogP contribution in [0.5, 0.6) is 0 Å². The molecule has 0 saturated heterocycles. The van der Waals surface area contributed by atoms with Crippen LogP contribution >= 0.6 is 11.6 Å². The average Bonchev–Trinajstić information content (AvgIpc) is 2.39. The van der Waals surface area contributed by atoms with Gasteiger partial charge in [-0.1, -0.05) is 11.6 Å². The van der Waals surface area contributed by atoms with Crippen LogP contribution in [0.2, 0.25) is 5.02 Å². The molecule has 0 aliphatic carbocycles. The molecule has 0 fully saturated rings. The summed E-state index contributed by atoms with van der Waals surface area (Å²) in [6.07, 6.45) is 0.751. The Bertz CT molecular complexity index is 376. The van der Waals surface area contributed by atoms with Crippen LogP contribution in [0.4, 0.5) is 5.69 Å². The molecular weight excluding hydrogens is 254 g/mol. The quantitative estimate of drug-likeness (QED) is 0.680. The Labute approximate surface area is 112 Å². The van der Waals surface area contributed by atoms with Gasteiger partial charge < -0.3 is 14.4 Å². The highest BCUT2D eigenvalue weighted by Gasteiger charge is 2.08. The molecule has 0 N–H and O–H groups in total. The van der Waals surface area contributed by atoms with Crippen LogP contribution in [0.15, 0.2) is 18.2 Å². The number of benzene rings is 1. The zero-order valence-electron chi connectivity index (χ0n) is 10.7. The first kappa shape index (κ1) is 15.0. The lowest BCUT2D eigenvalue weighted by Crippen LogP contribution is -2.30. The highest BCUT2D eigenvalue weighted by Crippen LogP contribution is 2.22. The Morgan fingerprint density at radius 2 is 1.83 bits per heavy atom. The van der Waals surface area contributed by atoms with E-state index >= 15 is 0 Å². The summed E-state index contributed by atoms with van der Waals surface area (Å²) < 4.78 is 10.2. The molecule has 0 saturated carbocycles. The average molecular weight is 272 g/mol. The third kappa shape index (κ3) is 4.29. The standard InChI is InChI=1S/C13H18ClNO3/c1-17-7-5-15(6-8-18-2)12-4-3-11(10-16)13(14)9-12/h3-4,9-10H,5-8H2,1-2H3. The smallest absolute Gasteiger partial charge is 0.151 e. The van der Waals surface area contributed by atoms with Crippen molar-refractivity contribution in [3.8, 4) is 0 Å². The molecule has 0 spiro atoms. The number of rotatable bonds is 8. The van der Waals surface area contributed by atoms with Gasteiger partial charge in [0.2, 0.25) is 0 Å². The Balaban J connectivity index is 2.82. The highest BCUT2D eigenvalue weighted by atomic mass is 35.5. The number of ether oxygens (including phenoxy) is 2. The molecule has 0 atom stereocenters. The molecule has 0 amide bonds. The van der Waals surface area contributed by atoms with E-state index in [0.717, 1.165) is 25.1 Å². The summed E-state index contributed by atoms with van der Waals surface area (Å²) in [6, 6.07) is 5.38. The third-order valence-electron chi connectivity index (χ3n) is 2.61. The van der Waals surface area contributed by atoms with Gasteiger partial charge in [0.05, 0.1) is 18.2 Å². The summed E-state index contributed by atoms with van der Waals surface area (Å²) in [7, 11) is 3.33. The van der Waals surface area contributed by atoms with Crippen molar-refractivity contribution < 1.29 is 14.3 Å². The predicted molar refractivity (Wildman–Crippen MR) is 72.8 cm³/mol. The second kappa shape index (κ2) is 8.08. The largest absolute Gasteiger partial charge is 0.383 e. The number of halogens is 1. The van der Waals surface area contributed by atoms with Crippen LogP contribution in [-0.2, 0) is 9.47 Å². The lowest BCUT2D eigenvalue weighted by Gasteiger charge is -2.24. The number of nitrogens with zero attached hydrogens (tertiary/aromatic N) is 1. The van der Waals surface area contributed by atoms with Crippen LogP contribution < -0.4 is 4.90 Å². The normalized spacial score (nSPS) is 10.4. The molecule has 1 aromatic carbocycles. The fourth-order valence-electron chi connectivity index (χ4n) is 1.58. The second-order valence-corrected chi connectivity index (χ2v) is 4.20. The monoisotopic (exact) mass is 271 g/mol. The van der Waals surface area contributed by atoms with E-state index in [1.165, 1.54) is 0 Å². The van der Waals surface area contributed by atoms with Gasteiger partial charge in [-0.25, -0.2) is 0 Å².